The summed E-state index contributed by atoms with van der Waals surface area (Å²) < 4.78 is 12.2. The second kappa shape index (κ2) is 15.6. The number of amides is 1. The van der Waals surface area contributed by atoms with Crippen LogP contribution in [0.1, 0.15) is 34.8 Å². The molecule has 1 amide bonds. The maximum absolute atomic E-state index is 14.4. The smallest absolute Gasteiger partial charge is 0.266 e. The minimum atomic E-state index is -1.59. The van der Waals surface area contributed by atoms with Gasteiger partial charge >= 0.3 is 0 Å². The summed E-state index contributed by atoms with van der Waals surface area (Å²) in [6, 6.07) is 29.0. The summed E-state index contributed by atoms with van der Waals surface area (Å²) in [6.07, 6.45) is 0.222. The molecule has 2 atom stereocenters. The highest BCUT2D eigenvalue weighted by atomic mass is 35.5. The number of aliphatic imine (C=N–C) groups is 1. The minimum Gasteiger partial charge on any atom is -0.494 e. The minimum absolute atomic E-state index is 0.0177. The molecule has 0 saturated carbocycles. The molecule has 0 bridgehead atoms. The molecular weight excluding hydrogens is 627 g/mol. The van der Waals surface area contributed by atoms with Crippen LogP contribution in [-0.2, 0) is 22.4 Å². The van der Waals surface area contributed by atoms with Crippen LogP contribution in [0.2, 0.25) is 10.0 Å². The number of nitrogens with one attached hydrogen (secondary N) is 2. The zero-order valence-corrected chi connectivity index (χ0v) is 26.3. The Morgan fingerprint density at radius 1 is 1.04 bits per heavy atom. The summed E-state index contributed by atoms with van der Waals surface area (Å²) in [4.78, 5) is 22.4. The number of azide groups is 1. The van der Waals surface area contributed by atoms with Gasteiger partial charge in [0, 0.05) is 57.8 Å². The van der Waals surface area contributed by atoms with E-state index < -0.39 is 17.6 Å². The number of aliphatic hydroxyl groups is 1. The van der Waals surface area contributed by atoms with Crippen molar-refractivity contribution in [3.05, 3.63) is 140 Å². The fourth-order valence-electron chi connectivity index (χ4n) is 5.17. The highest BCUT2D eigenvalue weighted by molar-refractivity contribution is 6.35. The molecular formula is C34H32Cl2N6O4. The van der Waals surface area contributed by atoms with Gasteiger partial charge in [-0.15, -0.1) is 0 Å². The van der Waals surface area contributed by atoms with E-state index in [1.54, 1.807) is 66.7 Å². The van der Waals surface area contributed by atoms with Gasteiger partial charge in [0.25, 0.3) is 5.91 Å². The quantitative estimate of drug-likeness (QED) is 0.0437. The predicted octanol–water partition coefficient (Wildman–Crippen LogP) is 7.06. The Balaban J connectivity index is 1.55. The second-order valence-electron chi connectivity index (χ2n) is 10.6. The summed E-state index contributed by atoms with van der Waals surface area (Å²) in [6.45, 7) is 0.865. The first-order chi connectivity index (χ1) is 22.4. The van der Waals surface area contributed by atoms with Crippen molar-refractivity contribution >= 4 is 40.7 Å². The molecule has 1 aliphatic heterocycles. The third-order valence-corrected chi connectivity index (χ3v) is 8.02. The van der Waals surface area contributed by atoms with Crippen LogP contribution in [0.5, 0.6) is 5.75 Å². The molecule has 1 heterocycles. The second-order valence-corrected chi connectivity index (χ2v) is 11.4. The molecule has 0 spiro atoms. The van der Waals surface area contributed by atoms with Crippen molar-refractivity contribution in [2.75, 3.05) is 19.8 Å². The van der Waals surface area contributed by atoms with Crippen molar-refractivity contribution < 1.29 is 19.4 Å². The fourth-order valence-corrected chi connectivity index (χ4v) is 5.68. The normalized spacial score (nSPS) is 17.0. The number of rotatable bonds is 14. The first-order valence-corrected chi connectivity index (χ1v) is 15.4. The zero-order valence-electron chi connectivity index (χ0n) is 24.8. The summed E-state index contributed by atoms with van der Waals surface area (Å²) in [7, 11) is 0. The SMILES string of the molecule is [N-]=[N+]=Nc1ccccc1C[C@]1(C(=O)NNCCc2ccccc2)N=C(c2ccc(OCCCO)cc2)O[C@H]1c1ccc(Cl)cc1Cl. The number of nitrogens with zero attached hydrogens (tertiary/aromatic N) is 4. The summed E-state index contributed by atoms with van der Waals surface area (Å²) in [5.74, 6) is 0.368. The Bertz CT molecular complexity index is 1730. The Labute approximate surface area is 276 Å². The molecule has 0 radical (unpaired) electrons. The van der Waals surface area contributed by atoms with Gasteiger partial charge in [0.05, 0.1) is 6.61 Å². The Morgan fingerprint density at radius 3 is 2.54 bits per heavy atom. The van der Waals surface area contributed by atoms with Gasteiger partial charge < -0.3 is 14.6 Å². The maximum Gasteiger partial charge on any atom is 0.266 e. The van der Waals surface area contributed by atoms with E-state index in [4.69, 9.17) is 42.8 Å². The van der Waals surface area contributed by atoms with E-state index >= 15 is 0 Å². The first kappa shape index (κ1) is 32.8. The van der Waals surface area contributed by atoms with Crippen molar-refractivity contribution in [1.29, 1.82) is 0 Å². The van der Waals surface area contributed by atoms with Crippen LogP contribution in [0.25, 0.3) is 10.4 Å². The molecule has 12 heteroatoms. The third kappa shape index (κ3) is 7.80. The van der Waals surface area contributed by atoms with Crippen LogP contribution >= 0.6 is 23.2 Å². The molecule has 5 rings (SSSR count). The lowest BCUT2D eigenvalue weighted by Crippen LogP contribution is -2.54. The number of aliphatic hydroxyl groups excluding tert-OH is 1. The standard InChI is InChI=1S/C34H32Cl2N6O4/c35-26-13-16-28(29(36)21-26)31-34(22-25-9-4-5-10-30(25)40-42-37,33(44)41-38-18-17-23-7-2-1-3-8-23)39-32(46-31)24-11-14-27(15-12-24)45-20-6-19-43/h1-5,7-16,21,31,38,43H,6,17-20,22H2,(H,41,44)/t31-,34-/m0/s1. The maximum atomic E-state index is 14.4. The van der Waals surface area contributed by atoms with E-state index in [0.717, 1.165) is 5.56 Å². The monoisotopic (exact) mass is 658 g/mol. The van der Waals surface area contributed by atoms with Gasteiger partial charge in [0.1, 0.15) is 5.75 Å². The zero-order chi connectivity index (χ0) is 32.4. The molecule has 46 heavy (non-hydrogen) atoms. The molecule has 1 aliphatic rings. The highest BCUT2D eigenvalue weighted by Gasteiger charge is 2.54. The van der Waals surface area contributed by atoms with Gasteiger partial charge in [-0.25, -0.2) is 10.4 Å². The van der Waals surface area contributed by atoms with Crippen molar-refractivity contribution in [2.45, 2.75) is 30.9 Å². The molecule has 0 fully saturated rings. The lowest BCUT2D eigenvalue weighted by Gasteiger charge is -2.31. The van der Waals surface area contributed by atoms with Gasteiger partial charge in [-0.2, -0.15) is 0 Å². The number of carbonyl (C=O) groups excluding carboxylic acids is 1. The van der Waals surface area contributed by atoms with Crippen molar-refractivity contribution in [3.8, 4) is 5.75 Å². The van der Waals surface area contributed by atoms with E-state index in [2.05, 4.69) is 20.9 Å². The molecule has 0 saturated heterocycles. The molecule has 236 valence electrons. The van der Waals surface area contributed by atoms with Gasteiger partial charge in [-0.1, -0.05) is 89.0 Å². The van der Waals surface area contributed by atoms with Gasteiger partial charge in [0.2, 0.25) is 5.90 Å². The summed E-state index contributed by atoms with van der Waals surface area (Å²) >= 11 is 13.0. The average molecular weight is 660 g/mol. The summed E-state index contributed by atoms with van der Waals surface area (Å²) in [5, 5.41) is 13.7. The number of halogens is 2. The average Bonchev–Trinajstić information content (AvgIpc) is 3.45. The Hall–Kier alpha value is -4.57. The summed E-state index contributed by atoms with van der Waals surface area (Å²) in [5.41, 5.74) is 16.8. The van der Waals surface area contributed by atoms with Gasteiger partial charge in [-0.05, 0) is 59.5 Å². The van der Waals surface area contributed by atoms with E-state index in [1.165, 1.54) is 0 Å². The lowest BCUT2D eigenvalue weighted by molar-refractivity contribution is -0.130. The van der Waals surface area contributed by atoms with Crippen molar-refractivity contribution in [2.24, 2.45) is 10.1 Å². The fraction of sp³-hybridized carbons (Fsp3) is 0.235. The highest BCUT2D eigenvalue weighted by Crippen LogP contribution is 2.46. The van der Waals surface area contributed by atoms with Crippen LogP contribution < -0.4 is 15.6 Å². The molecule has 4 aromatic rings. The third-order valence-electron chi connectivity index (χ3n) is 7.46. The number of hydrogen-bond donors (Lipinski definition) is 3. The Kier molecular flexibility index (Phi) is 11.1. The lowest BCUT2D eigenvalue weighted by atomic mass is 9.81. The molecule has 0 unspecified atom stereocenters. The van der Waals surface area contributed by atoms with Crippen molar-refractivity contribution in [3.63, 3.8) is 0 Å². The van der Waals surface area contributed by atoms with E-state index in [1.807, 2.05) is 30.3 Å². The van der Waals surface area contributed by atoms with Crippen LogP contribution in [0.15, 0.2) is 107 Å². The van der Waals surface area contributed by atoms with Crippen molar-refractivity contribution in [1.82, 2.24) is 10.9 Å². The number of hydrazine groups is 1. The van der Waals surface area contributed by atoms with Gasteiger partial charge in [-0.3, -0.25) is 10.2 Å². The number of hydrogen-bond acceptors (Lipinski definition) is 7. The molecule has 3 N–H and O–H groups in total. The topological polar surface area (TPSA) is 141 Å². The van der Waals surface area contributed by atoms with Gasteiger partial charge in [0.15, 0.2) is 11.6 Å². The molecule has 0 aliphatic carbocycles. The largest absolute Gasteiger partial charge is 0.494 e. The van der Waals surface area contributed by atoms with Crippen LogP contribution in [0.4, 0.5) is 5.69 Å². The van der Waals surface area contributed by atoms with E-state index in [0.29, 0.717) is 64.2 Å². The molecule has 10 nitrogen and oxygen atoms in total. The first-order valence-electron chi connectivity index (χ1n) is 14.7. The molecule has 4 aromatic carbocycles. The molecule has 0 aromatic heterocycles. The predicted molar refractivity (Wildman–Crippen MR) is 178 cm³/mol. The number of benzene rings is 4. The number of ether oxygens (including phenoxy) is 2. The number of carbonyl (C=O) groups is 1. The van der Waals surface area contributed by atoms with E-state index in [9.17, 15) is 10.3 Å². The van der Waals surface area contributed by atoms with E-state index in [-0.39, 0.29) is 18.9 Å². The van der Waals surface area contributed by atoms with Crippen LogP contribution in [0, 0.1) is 0 Å². The Morgan fingerprint density at radius 2 is 1.80 bits per heavy atom. The van der Waals surface area contributed by atoms with Crippen LogP contribution in [-0.4, -0.2) is 42.2 Å². The van der Waals surface area contributed by atoms with Crippen LogP contribution in [0.3, 0.4) is 0 Å².